The van der Waals surface area contributed by atoms with Crippen LogP contribution in [0.25, 0.3) is 17.2 Å². The van der Waals surface area contributed by atoms with Crippen molar-refractivity contribution in [1.29, 1.82) is 0 Å². The lowest BCUT2D eigenvalue weighted by molar-refractivity contribution is -0.122. The quantitative estimate of drug-likeness (QED) is 0.560. The number of aromatic nitrogens is 5. The molecule has 10 nitrogen and oxygen atoms in total. The van der Waals surface area contributed by atoms with Gasteiger partial charge in [0, 0.05) is 30.5 Å². The summed E-state index contributed by atoms with van der Waals surface area (Å²) in [7, 11) is 0. The average molecular weight is 473 g/mol. The molecule has 0 unspecified atom stereocenters. The van der Waals surface area contributed by atoms with Crippen LogP contribution in [0.3, 0.4) is 0 Å². The summed E-state index contributed by atoms with van der Waals surface area (Å²) in [6.45, 7) is 1.83. The zero-order valence-corrected chi connectivity index (χ0v) is 19.0. The molecule has 0 saturated heterocycles. The Hall–Kier alpha value is -3.27. The Balaban J connectivity index is 1.55. The monoisotopic (exact) mass is 472 g/mol. The van der Waals surface area contributed by atoms with E-state index in [0.717, 1.165) is 34.9 Å². The topological polar surface area (TPSA) is 125 Å². The van der Waals surface area contributed by atoms with E-state index in [2.05, 4.69) is 20.6 Å². The molecule has 4 rings (SSSR count). The molecule has 0 atom stereocenters. The van der Waals surface area contributed by atoms with E-state index in [1.165, 1.54) is 6.42 Å². The molecule has 174 valence electrons. The lowest BCUT2D eigenvalue weighted by atomic mass is 9.95. The fourth-order valence-electron chi connectivity index (χ4n) is 3.90. The number of rotatable bonds is 7. The van der Waals surface area contributed by atoms with Crippen LogP contribution in [0.2, 0.25) is 5.02 Å². The summed E-state index contributed by atoms with van der Waals surface area (Å²) in [4.78, 5) is 42.1. The van der Waals surface area contributed by atoms with Crippen molar-refractivity contribution in [3.05, 3.63) is 56.0 Å². The van der Waals surface area contributed by atoms with Crippen LogP contribution < -0.4 is 16.6 Å². The van der Waals surface area contributed by atoms with Crippen LogP contribution in [0, 0.1) is 0 Å². The normalized spacial score (nSPS) is 14.4. The Morgan fingerprint density at radius 1 is 1.18 bits per heavy atom. The molecule has 1 aromatic carbocycles. The van der Waals surface area contributed by atoms with Gasteiger partial charge in [-0.1, -0.05) is 36.0 Å². The first-order valence-corrected chi connectivity index (χ1v) is 11.5. The highest BCUT2D eigenvalue weighted by Gasteiger charge is 2.21. The van der Waals surface area contributed by atoms with Gasteiger partial charge < -0.3 is 9.84 Å². The summed E-state index contributed by atoms with van der Waals surface area (Å²) in [5.41, 5.74) is -0.879. The number of nitrogens with one attached hydrogen (secondary N) is 1. The van der Waals surface area contributed by atoms with Crippen molar-refractivity contribution in [2.45, 2.75) is 64.5 Å². The van der Waals surface area contributed by atoms with Crippen molar-refractivity contribution in [2.24, 2.45) is 0 Å². The van der Waals surface area contributed by atoms with Gasteiger partial charge in [0.2, 0.25) is 17.6 Å². The first-order valence-electron chi connectivity index (χ1n) is 11.1. The number of aryl methyl sites for hydroxylation is 1. The maximum atomic E-state index is 12.8. The minimum Gasteiger partial charge on any atom is -0.353 e. The summed E-state index contributed by atoms with van der Waals surface area (Å²) < 4.78 is 7.39. The summed E-state index contributed by atoms with van der Waals surface area (Å²) >= 11 is 5.94. The largest absolute Gasteiger partial charge is 0.353 e. The summed E-state index contributed by atoms with van der Waals surface area (Å²) in [5, 5.41) is 11.6. The predicted octanol–water partition coefficient (Wildman–Crippen LogP) is 2.50. The first kappa shape index (κ1) is 22.9. The molecule has 1 fully saturated rings. The Morgan fingerprint density at radius 2 is 1.91 bits per heavy atom. The number of halogens is 1. The van der Waals surface area contributed by atoms with Crippen molar-refractivity contribution >= 4 is 17.5 Å². The molecule has 2 aromatic heterocycles. The Morgan fingerprint density at radius 3 is 2.61 bits per heavy atom. The van der Waals surface area contributed by atoms with Crippen LogP contribution in [0.5, 0.6) is 0 Å². The molecule has 1 N–H and O–H groups in total. The Kier molecular flexibility index (Phi) is 7.02. The van der Waals surface area contributed by atoms with Crippen molar-refractivity contribution in [3.63, 3.8) is 0 Å². The van der Waals surface area contributed by atoms with Crippen molar-refractivity contribution < 1.29 is 9.32 Å². The molecule has 1 amide bonds. The first-order chi connectivity index (χ1) is 16.0. The maximum absolute atomic E-state index is 12.8. The lowest BCUT2D eigenvalue weighted by Crippen LogP contribution is -2.41. The molecule has 2 heterocycles. The third-order valence-electron chi connectivity index (χ3n) is 5.66. The number of hydrogen-bond donors (Lipinski definition) is 1. The van der Waals surface area contributed by atoms with Gasteiger partial charge in [0.15, 0.2) is 5.69 Å². The van der Waals surface area contributed by atoms with Crippen LogP contribution in [0.15, 0.2) is 38.4 Å². The van der Waals surface area contributed by atoms with Gasteiger partial charge in [-0.25, -0.2) is 4.79 Å². The third-order valence-corrected chi connectivity index (χ3v) is 5.92. The van der Waals surface area contributed by atoms with E-state index in [9.17, 15) is 14.4 Å². The van der Waals surface area contributed by atoms with Crippen LogP contribution >= 0.6 is 11.6 Å². The van der Waals surface area contributed by atoms with Crippen LogP contribution in [0.1, 0.15) is 51.3 Å². The molecule has 1 saturated carbocycles. The Labute approximate surface area is 194 Å². The summed E-state index contributed by atoms with van der Waals surface area (Å²) in [6.07, 6.45) is 5.96. The fourth-order valence-corrected chi connectivity index (χ4v) is 4.03. The van der Waals surface area contributed by atoms with Gasteiger partial charge in [0.05, 0.1) is 5.69 Å². The summed E-state index contributed by atoms with van der Waals surface area (Å²) in [6, 6.07) is 6.72. The van der Waals surface area contributed by atoms with Gasteiger partial charge >= 0.3 is 5.69 Å². The van der Waals surface area contributed by atoms with E-state index >= 15 is 0 Å². The Bertz CT molecular complexity index is 1240. The molecule has 0 aliphatic heterocycles. The minimum atomic E-state index is -0.616. The highest BCUT2D eigenvalue weighted by Crippen LogP contribution is 2.18. The molecule has 1 aliphatic rings. The second-order valence-electron chi connectivity index (χ2n) is 7.98. The molecular formula is C22H25ClN6O4. The zero-order valence-electron chi connectivity index (χ0n) is 18.3. The zero-order chi connectivity index (χ0) is 23.4. The molecule has 0 spiro atoms. The van der Waals surface area contributed by atoms with Gasteiger partial charge in [0.1, 0.15) is 0 Å². The van der Waals surface area contributed by atoms with Gasteiger partial charge in [0.25, 0.3) is 5.56 Å². The van der Waals surface area contributed by atoms with Gasteiger partial charge in [-0.15, -0.1) is 0 Å². The van der Waals surface area contributed by atoms with Crippen molar-refractivity contribution in [1.82, 2.24) is 29.8 Å². The van der Waals surface area contributed by atoms with Gasteiger partial charge in [-0.2, -0.15) is 14.8 Å². The van der Waals surface area contributed by atoms with Crippen LogP contribution in [-0.4, -0.2) is 36.4 Å². The highest BCUT2D eigenvalue weighted by molar-refractivity contribution is 6.30. The molecule has 0 radical (unpaired) electrons. The van der Waals surface area contributed by atoms with Crippen molar-refractivity contribution in [2.75, 3.05) is 0 Å². The molecule has 1 aliphatic carbocycles. The standard InChI is InChI=1S/C22H25ClN6O4/c1-2-28-21(31)19(26-29(22(28)32)16-10-8-14(23)9-11-16)20-25-18(33-27-20)13-12-17(30)24-15-6-4-3-5-7-15/h8-11,15H,2-7,12-13H2,1H3,(H,24,30). The molecule has 33 heavy (non-hydrogen) atoms. The lowest BCUT2D eigenvalue weighted by Gasteiger charge is -2.22. The van der Waals surface area contributed by atoms with Crippen LogP contribution in [-0.2, 0) is 17.8 Å². The van der Waals surface area contributed by atoms with E-state index in [4.69, 9.17) is 16.1 Å². The van der Waals surface area contributed by atoms with E-state index < -0.39 is 11.2 Å². The number of benzene rings is 1. The number of carbonyl (C=O) groups is 1. The molecule has 11 heteroatoms. The smallest absolute Gasteiger partial charge is 0.352 e. The third kappa shape index (κ3) is 5.22. The number of nitrogens with zero attached hydrogens (tertiary/aromatic N) is 5. The average Bonchev–Trinajstić information content (AvgIpc) is 3.28. The highest BCUT2D eigenvalue weighted by atomic mass is 35.5. The number of hydrogen-bond acceptors (Lipinski definition) is 7. The van der Waals surface area contributed by atoms with Crippen LogP contribution in [0.4, 0.5) is 0 Å². The molecule has 3 aromatic rings. The van der Waals surface area contributed by atoms with E-state index in [-0.39, 0.29) is 48.7 Å². The molecule has 0 bridgehead atoms. The van der Waals surface area contributed by atoms with E-state index in [1.54, 1.807) is 31.2 Å². The van der Waals surface area contributed by atoms with E-state index in [0.29, 0.717) is 10.7 Å². The minimum absolute atomic E-state index is 0.0346. The van der Waals surface area contributed by atoms with Gasteiger partial charge in [-0.3, -0.25) is 14.2 Å². The van der Waals surface area contributed by atoms with Gasteiger partial charge in [-0.05, 0) is 44.0 Å². The maximum Gasteiger partial charge on any atom is 0.352 e. The number of carbonyl (C=O) groups excluding carboxylic acids is 1. The molecular weight excluding hydrogens is 448 g/mol. The fraction of sp³-hybridized carbons (Fsp3) is 0.455. The SMILES string of the molecule is CCn1c(=O)c(-c2noc(CCC(=O)NC3CCCCC3)n2)nn(-c2ccc(Cl)cc2)c1=O. The second kappa shape index (κ2) is 10.1. The predicted molar refractivity (Wildman–Crippen MR) is 121 cm³/mol. The van der Waals surface area contributed by atoms with Crippen molar-refractivity contribution in [3.8, 4) is 17.2 Å². The van der Waals surface area contributed by atoms with E-state index in [1.807, 2.05) is 0 Å². The number of amides is 1. The second-order valence-corrected chi connectivity index (χ2v) is 8.42. The summed E-state index contributed by atoms with van der Waals surface area (Å²) in [5.74, 6) is 0.120.